The van der Waals surface area contributed by atoms with E-state index >= 15 is 0 Å². The van der Waals surface area contributed by atoms with Crippen LogP contribution < -0.4 is 10.5 Å². The van der Waals surface area contributed by atoms with E-state index in [-0.39, 0.29) is 32.1 Å². The third-order valence-electron chi connectivity index (χ3n) is 4.31. The number of nitrogens with zero attached hydrogens (tertiary/aromatic N) is 2. The molecule has 2 heterocycles. The van der Waals surface area contributed by atoms with E-state index in [2.05, 4.69) is 4.98 Å². The third kappa shape index (κ3) is 4.77. The van der Waals surface area contributed by atoms with Gasteiger partial charge in [0.2, 0.25) is 5.91 Å². The van der Waals surface area contributed by atoms with Crippen molar-refractivity contribution in [2.75, 3.05) is 26.3 Å². The first-order valence-electron chi connectivity index (χ1n) is 8.37. The number of morpholine rings is 1. The SMILES string of the molecule is Cc1cc(OC[C@]2(CC(N)=O)CN(C(=O)c3cscn3)CCO2)ccc1Cl. The van der Waals surface area contributed by atoms with Crippen molar-refractivity contribution in [3.8, 4) is 5.75 Å². The van der Waals surface area contributed by atoms with Crippen LogP contribution in [0.15, 0.2) is 29.1 Å². The largest absolute Gasteiger partial charge is 0.490 e. The molecule has 2 aromatic rings. The van der Waals surface area contributed by atoms with E-state index < -0.39 is 11.5 Å². The molecule has 27 heavy (non-hydrogen) atoms. The van der Waals surface area contributed by atoms with E-state index in [9.17, 15) is 9.59 Å². The summed E-state index contributed by atoms with van der Waals surface area (Å²) in [7, 11) is 0. The van der Waals surface area contributed by atoms with Crippen molar-refractivity contribution in [1.29, 1.82) is 0 Å². The number of hydrogen-bond donors (Lipinski definition) is 1. The molecule has 0 spiro atoms. The number of rotatable bonds is 6. The average Bonchev–Trinajstić information content (AvgIpc) is 3.16. The predicted octanol–water partition coefficient (Wildman–Crippen LogP) is 2.27. The molecule has 3 rings (SSSR count). The maximum absolute atomic E-state index is 12.6. The minimum absolute atomic E-state index is 0.0551. The Labute approximate surface area is 166 Å². The molecule has 1 aromatic heterocycles. The molecule has 0 bridgehead atoms. The minimum Gasteiger partial charge on any atom is -0.490 e. The second kappa shape index (κ2) is 8.24. The van der Waals surface area contributed by atoms with Crippen molar-refractivity contribution in [1.82, 2.24) is 9.88 Å². The van der Waals surface area contributed by atoms with Crippen molar-refractivity contribution in [2.45, 2.75) is 18.9 Å². The normalized spacial score (nSPS) is 19.7. The minimum atomic E-state index is -1.01. The lowest BCUT2D eigenvalue weighted by Gasteiger charge is -2.41. The zero-order chi connectivity index (χ0) is 19.4. The Balaban J connectivity index is 1.75. The lowest BCUT2D eigenvalue weighted by molar-refractivity contribution is -0.142. The Hall–Kier alpha value is -2.16. The van der Waals surface area contributed by atoms with E-state index in [0.29, 0.717) is 23.0 Å². The summed E-state index contributed by atoms with van der Waals surface area (Å²) in [6, 6.07) is 5.29. The van der Waals surface area contributed by atoms with Crippen molar-refractivity contribution in [3.05, 3.63) is 45.4 Å². The molecule has 0 aliphatic carbocycles. The average molecular weight is 410 g/mol. The monoisotopic (exact) mass is 409 g/mol. The predicted molar refractivity (Wildman–Crippen MR) is 102 cm³/mol. The number of halogens is 1. The first-order valence-corrected chi connectivity index (χ1v) is 9.69. The van der Waals surface area contributed by atoms with Gasteiger partial charge in [-0.05, 0) is 30.7 Å². The summed E-state index contributed by atoms with van der Waals surface area (Å²) >= 11 is 7.39. The van der Waals surface area contributed by atoms with Crippen LogP contribution in [0, 0.1) is 6.92 Å². The van der Waals surface area contributed by atoms with Crippen LogP contribution in [-0.2, 0) is 9.53 Å². The molecular formula is C18H20ClN3O4S. The van der Waals surface area contributed by atoms with Crippen LogP contribution in [0.5, 0.6) is 5.75 Å². The van der Waals surface area contributed by atoms with E-state index in [1.54, 1.807) is 34.0 Å². The van der Waals surface area contributed by atoms with Crippen LogP contribution in [-0.4, -0.2) is 53.6 Å². The first kappa shape index (κ1) is 19.6. The fourth-order valence-corrected chi connectivity index (χ4v) is 3.63. The number of carbonyl (C=O) groups is 2. The highest BCUT2D eigenvalue weighted by Crippen LogP contribution is 2.27. The number of aromatic nitrogens is 1. The Morgan fingerprint density at radius 2 is 2.30 bits per heavy atom. The molecular weight excluding hydrogens is 390 g/mol. The van der Waals surface area contributed by atoms with Crippen LogP contribution in [0.25, 0.3) is 0 Å². The van der Waals surface area contributed by atoms with Crippen molar-refractivity contribution >= 4 is 34.8 Å². The van der Waals surface area contributed by atoms with Gasteiger partial charge in [-0.25, -0.2) is 4.98 Å². The highest BCUT2D eigenvalue weighted by Gasteiger charge is 2.41. The zero-order valence-electron chi connectivity index (χ0n) is 14.8. The molecule has 2 N–H and O–H groups in total. The number of thiazole rings is 1. The second-order valence-electron chi connectivity index (χ2n) is 6.47. The van der Waals surface area contributed by atoms with Gasteiger partial charge in [0.1, 0.15) is 23.7 Å². The number of nitrogens with two attached hydrogens (primary N) is 1. The van der Waals surface area contributed by atoms with Crippen molar-refractivity contribution in [2.24, 2.45) is 5.73 Å². The van der Waals surface area contributed by atoms with Gasteiger partial charge in [-0.2, -0.15) is 0 Å². The Kier molecular flexibility index (Phi) is 5.98. The number of ether oxygens (including phenoxy) is 2. The van der Waals surface area contributed by atoms with Gasteiger partial charge < -0.3 is 20.1 Å². The third-order valence-corrected chi connectivity index (χ3v) is 5.33. The van der Waals surface area contributed by atoms with Crippen molar-refractivity contribution < 1.29 is 19.1 Å². The van der Waals surface area contributed by atoms with Gasteiger partial charge in [0.05, 0.1) is 25.1 Å². The number of aryl methyl sites for hydroxylation is 1. The van der Waals surface area contributed by atoms with Crippen LogP contribution in [0.4, 0.5) is 0 Å². The summed E-state index contributed by atoms with van der Waals surface area (Å²) in [4.78, 5) is 30.0. The van der Waals surface area contributed by atoms with Crippen molar-refractivity contribution in [3.63, 3.8) is 0 Å². The van der Waals surface area contributed by atoms with Gasteiger partial charge in [-0.15, -0.1) is 11.3 Å². The first-order chi connectivity index (χ1) is 12.9. The molecule has 1 saturated heterocycles. The molecule has 2 amide bonds. The summed E-state index contributed by atoms with van der Waals surface area (Å²) in [5.74, 6) is -0.114. The number of amides is 2. The van der Waals surface area contributed by atoms with E-state index in [1.807, 2.05) is 6.92 Å². The number of benzene rings is 1. The number of carbonyl (C=O) groups excluding carboxylic acids is 2. The van der Waals surface area contributed by atoms with Crippen LogP contribution >= 0.6 is 22.9 Å². The molecule has 1 aliphatic heterocycles. The second-order valence-corrected chi connectivity index (χ2v) is 7.60. The molecule has 0 radical (unpaired) electrons. The maximum atomic E-state index is 12.6. The highest BCUT2D eigenvalue weighted by molar-refractivity contribution is 7.07. The number of hydrogen-bond acceptors (Lipinski definition) is 6. The van der Waals surface area contributed by atoms with E-state index in [4.69, 9.17) is 26.8 Å². The molecule has 144 valence electrons. The van der Waals surface area contributed by atoms with Gasteiger partial charge in [-0.1, -0.05) is 11.6 Å². The van der Waals surface area contributed by atoms with Gasteiger partial charge >= 0.3 is 0 Å². The van der Waals surface area contributed by atoms with Gasteiger partial charge in [0.25, 0.3) is 5.91 Å². The number of primary amides is 1. The van der Waals surface area contributed by atoms with Crippen LogP contribution in [0.3, 0.4) is 0 Å². The molecule has 1 aromatic carbocycles. The van der Waals surface area contributed by atoms with Crippen LogP contribution in [0.2, 0.25) is 5.02 Å². The van der Waals surface area contributed by atoms with Crippen LogP contribution in [0.1, 0.15) is 22.5 Å². The van der Waals surface area contributed by atoms with Gasteiger partial charge in [0, 0.05) is 16.9 Å². The fourth-order valence-electron chi connectivity index (χ4n) is 2.98. The highest BCUT2D eigenvalue weighted by atomic mass is 35.5. The molecule has 9 heteroatoms. The molecule has 1 atom stereocenters. The van der Waals surface area contributed by atoms with Gasteiger partial charge in [0.15, 0.2) is 0 Å². The Morgan fingerprint density at radius 3 is 2.96 bits per heavy atom. The topological polar surface area (TPSA) is 94.8 Å². The Morgan fingerprint density at radius 1 is 1.48 bits per heavy atom. The maximum Gasteiger partial charge on any atom is 0.273 e. The summed E-state index contributed by atoms with van der Waals surface area (Å²) in [5, 5.41) is 2.34. The molecule has 0 unspecified atom stereocenters. The lowest BCUT2D eigenvalue weighted by atomic mass is 9.97. The lowest BCUT2D eigenvalue weighted by Crippen LogP contribution is -2.58. The molecule has 0 saturated carbocycles. The molecule has 1 fully saturated rings. The van der Waals surface area contributed by atoms with E-state index in [0.717, 1.165) is 5.56 Å². The standard InChI is InChI=1S/C18H20ClN3O4S/c1-12-6-13(2-3-14(12)19)25-10-18(7-16(20)23)9-22(4-5-26-18)17(24)15-8-27-11-21-15/h2-3,6,8,11H,4-5,7,9-10H2,1H3,(H2,20,23)/t18-/m0/s1. The quantitative estimate of drug-likeness (QED) is 0.789. The Bertz CT molecular complexity index is 830. The van der Waals surface area contributed by atoms with Gasteiger partial charge in [-0.3, -0.25) is 9.59 Å². The molecule has 1 aliphatic rings. The summed E-state index contributed by atoms with van der Waals surface area (Å²) in [6.07, 6.45) is -0.0551. The smallest absolute Gasteiger partial charge is 0.273 e. The van der Waals surface area contributed by atoms with E-state index in [1.165, 1.54) is 11.3 Å². The fraction of sp³-hybridized carbons (Fsp3) is 0.389. The summed E-state index contributed by atoms with van der Waals surface area (Å²) in [5.41, 5.74) is 7.28. The zero-order valence-corrected chi connectivity index (χ0v) is 16.4. The summed E-state index contributed by atoms with van der Waals surface area (Å²) in [6.45, 7) is 2.85. The molecule has 7 nitrogen and oxygen atoms in total. The summed E-state index contributed by atoms with van der Waals surface area (Å²) < 4.78 is 11.7.